The topological polar surface area (TPSA) is 109 Å². The number of para-hydroxylation sites is 1. The van der Waals surface area contributed by atoms with E-state index in [9.17, 15) is 18.3 Å². The predicted molar refractivity (Wildman–Crippen MR) is 78.6 cm³/mol. The van der Waals surface area contributed by atoms with Crippen molar-refractivity contribution in [1.29, 1.82) is 0 Å². The summed E-state index contributed by atoms with van der Waals surface area (Å²) in [5.41, 5.74) is 0.853. The summed E-state index contributed by atoms with van der Waals surface area (Å²) in [5, 5.41) is 17.2. The number of rotatable bonds is 3. The Hall–Kier alpha value is -2.38. The average molecular weight is 306 g/mol. The third kappa shape index (κ3) is 3.39. The fourth-order valence-corrected chi connectivity index (χ4v) is 2.66. The van der Waals surface area contributed by atoms with Crippen molar-refractivity contribution in [2.75, 3.05) is 5.32 Å². The van der Waals surface area contributed by atoms with Crippen LogP contribution in [0.5, 0.6) is 5.75 Å². The molecule has 0 radical (unpaired) electrons. The van der Waals surface area contributed by atoms with Gasteiger partial charge >= 0.3 is 0 Å². The van der Waals surface area contributed by atoms with Gasteiger partial charge in [0.25, 0.3) is 5.91 Å². The molecule has 7 heteroatoms. The van der Waals surface area contributed by atoms with Crippen molar-refractivity contribution in [3.63, 3.8) is 0 Å². The summed E-state index contributed by atoms with van der Waals surface area (Å²) in [7, 11) is -3.87. The molecule has 0 aliphatic carbocycles. The lowest BCUT2D eigenvalue weighted by Crippen LogP contribution is -2.16. The number of carbonyl (C=O) groups excluding carboxylic acids is 1. The molecule has 0 unspecified atom stereocenters. The molecule has 0 aliphatic heterocycles. The number of hydrogen-bond donors (Lipinski definition) is 3. The monoisotopic (exact) mass is 306 g/mol. The smallest absolute Gasteiger partial charge is 0.259 e. The van der Waals surface area contributed by atoms with Crippen molar-refractivity contribution >= 4 is 21.6 Å². The van der Waals surface area contributed by atoms with Crippen molar-refractivity contribution in [3.8, 4) is 5.75 Å². The van der Waals surface area contributed by atoms with Gasteiger partial charge in [-0.15, -0.1) is 0 Å². The van der Waals surface area contributed by atoms with E-state index >= 15 is 0 Å². The molecule has 2 aromatic rings. The number of phenolic OH excluding ortho intramolecular Hbond substituents is 1. The van der Waals surface area contributed by atoms with Crippen molar-refractivity contribution in [1.82, 2.24) is 0 Å². The number of aryl methyl sites for hydroxylation is 1. The van der Waals surface area contributed by atoms with Crippen LogP contribution in [0.25, 0.3) is 0 Å². The van der Waals surface area contributed by atoms with Gasteiger partial charge in [-0.2, -0.15) is 0 Å². The molecule has 2 aromatic carbocycles. The van der Waals surface area contributed by atoms with Crippen molar-refractivity contribution < 1.29 is 18.3 Å². The van der Waals surface area contributed by atoms with E-state index in [1.165, 1.54) is 18.2 Å². The standard InChI is InChI=1S/C14H14N2O4S/c1-9-6-7-10(8-13(9)21(15,19)20)16-14(18)11-4-2-3-5-12(11)17/h2-8,17H,1H3,(H,16,18)(H2,15,19,20). The summed E-state index contributed by atoms with van der Waals surface area (Å²) in [6.07, 6.45) is 0. The van der Waals surface area contributed by atoms with Crippen LogP contribution in [0.15, 0.2) is 47.4 Å². The van der Waals surface area contributed by atoms with E-state index in [-0.39, 0.29) is 21.9 Å². The van der Waals surface area contributed by atoms with E-state index in [4.69, 9.17) is 5.14 Å². The van der Waals surface area contributed by atoms with Gasteiger partial charge < -0.3 is 10.4 Å². The highest BCUT2D eigenvalue weighted by Crippen LogP contribution is 2.21. The number of sulfonamides is 1. The highest BCUT2D eigenvalue weighted by molar-refractivity contribution is 7.89. The molecule has 0 fully saturated rings. The molecule has 0 aromatic heterocycles. The van der Waals surface area contributed by atoms with Crippen LogP contribution in [-0.2, 0) is 10.0 Å². The number of carbonyl (C=O) groups is 1. The lowest BCUT2D eigenvalue weighted by Gasteiger charge is -2.09. The van der Waals surface area contributed by atoms with E-state index < -0.39 is 15.9 Å². The molecule has 6 nitrogen and oxygen atoms in total. The number of nitrogens with two attached hydrogens (primary N) is 1. The van der Waals surface area contributed by atoms with Gasteiger partial charge in [-0.3, -0.25) is 4.79 Å². The Morgan fingerprint density at radius 2 is 1.86 bits per heavy atom. The Morgan fingerprint density at radius 1 is 1.19 bits per heavy atom. The molecular formula is C14H14N2O4S. The highest BCUT2D eigenvalue weighted by Gasteiger charge is 2.15. The van der Waals surface area contributed by atoms with Crippen LogP contribution in [0.1, 0.15) is 15.9 Å². The van der Waals surface area contributed by atoms with Crippen molar-refractivity contribution in [3.05, 3.63) is 53.6 Å². The van der Waals surface area contributed by atoms with Crippen molar-refractivity contribution in [2.24, 2.45) is 5.14 Å². The van der Waals surface area contributed by atoms with Crippen LogP contribution in [-0.4, -0.2) is 19.4 Å². The normalized spacial score (nSPS) is 11.1. The molecule has 2 rings (SSSR count). The molecule has 1 amide bonds. The van der Waals surface area contributed by atoms with E-state index in [0.717, 1.165) is 0 Å². The zero-order valence-electron chi connectivity index (χ0n) is 11.2. The third-order valence-corrected chi connectivity index (χ3v) is 3.95. The number of hydrogen-bond acceptors (Lipinski definition) is 4. The Balaban J connectivity index is 2.33. The third-order valence-electron chi connectivity index (χ3n) is 2.90. The number of benzene rings is 2. The quantitative estimate of drug-likeness (QED) is 0.800. The molecular weight excluding hydrogens is 292 g/mol. The van der Waals surface area contributed by atoms with E-state index in [2.05, 4.69) is 5.32 Å². The summed E-state index contributed by atoms with van der Waals surface area (Å²) in [5.74, 6) is -0.703. The number of amides is 1. The molecule has 0 saturated carbocycles. The van der Waals surface area contributed by atoms with Crippen LogP contribution in [0, 0.1) is 6.92 Å². The molecule has 0 bridgehead atoms. The Labute approximate surface area is 122 Å². The van der Waals surface area contributed by atoms with E-state index in [0.29, 0.717) is 5.56 Å². The van der Waals surface area contributed by atoms with Gasteiger partial charge in [-0.1, -0.05) is 18.2 Å². The summed E-state index contributed by atoms with van der Waals surface area (Å²) >= 11 is 0. The van der Waals surface area contributed by atoms with Gasteiger partial charge in [-0.05, 0) is 36.8 Å². The molecule has 0 heterocycles. The zero-order chi connectivity index (χ0) is 15.6. The predicted octanol–water partition coefficient (Wildman–Crippen LogP) is 1.60. The van der Waals surface area contributed by atoms with E-state index in [1.54, 1.807) is 31.2 Å². The molecule has 4 N–H and O–H groups in total. The van der Waals surface area contributed by atoms with E-state index in [1.807, 2.05) is 0 Å². The average Bonchev–Trinajstić information content (AvgIpc) is 2.40. The largest absolute Gasteiger partial charge is 0.507 e. The minimum absolute atomic E-state index is 0.0578. The van der Waals surface area contributed by atoms with Crippen LogP contribution >= 0.6 is 0 Å². The maximum Gasteiger partial charge on any atom is 0.259 e. The number of nitrogens with one attached hydrogen (secondary N) is 1. The van der Waals surface area contributed by atoms with Gasteiger partial charge in [0.15, 0.2) is 0 Å². The number of aromatic hydroxyl groups is 1. The fraction of sp³-hybridized carbons (Fsp3) is 0.0714. The molecule has 0 aliphatic rings. The van der Waals surface area contributed by atoms with Gasteiger partial charge in [0, 0.05) is 5.69 Å². The Morgan fingerprint density at radius 3 is 2.48 bits per heavy atom. The number of primary sulfonamides is 1. The second kappa shape index (κ2) is 5.55. The first-order valence-corrected chi connectivity index (χ1v) is 7.56. The van der Waals surface area contributed by atoms with Crippen molar-refractivity contribution in [2.45, 2.75) is 11.8 Å². The minimum atomic E-state index is -3.87. The summed E-state index contributed by atoms with van der Waals surface area (Å²) in [4.78, 5) is 12.0. The van der Waals surface area contributed by atoms with Crippen LogP contribution in [0.2, 0.25) is 0 Å². The fourth-order valence-electron chi connectivity index (χ4n) is 1.85. The second-order valence-corrected chi connectivity index (χ2v) is 6.03. The lowest BCUT2D eigenvalue weighted by molar-refractivity contribution is 0.102. The van der Waals surface area contributed by atoms with Gasteiger partial charge in [0.05, 0.1) is 10.5 Å². The zero-order valence-corrected chi connectivity index (χ0v) is 12.0. The van der Waals surface area contributed by atoms with Crippen LogP contribution in [0.4, 0.5) is 5.69 Å². The molecule has 0 saturated heterocycles. The SMILES string of the molecule is Cc1ccc(NC(=O)c2ccccc2O)cc1S(N)(=O)=O. The first-order chi connectivity index (χ1) is 9.79. The Kier molecular flexibility index (Phi) is 3.97. The van der Waals surface area contributed by atoms with Gasteiger partial charge in [0.2, 0.25) is 10.0 Å². The summed E-state index contributed by atoms with van der Waals surface area (Å²) in [6.45, 7) is 1.61. The molecule has 21 heavy (non-hydrogen) atoms. The lowest BCUT2D eigenvalue weighted by atomic mass is 10.1. The van der Waals surface area contributed by atoms with Gasteiger partial charge in [-0.25, -0.2) is 13.6 Å². The molecule has 0 spiro atoms. The molecule has 0 atom stereocenters. The minimum Gasteiger partial charge on any atom is -0.507 e. The van der Waals surface area contributed by atoms with Gasteiger partial charge in [0.1, 0.15) is 5.75 Å². The summed E-state index contributed by atoms with van der Waals surface area (Å²) < 4.78 is 22.9. The van der Waals surface area contributed by atoms with Crippen LogP contribution in [0.3, 0.4) is 0 Å². The maximum atomic E-state index is 12.0. The first kappa shape index (κ1) is 15.0. The van der Waals surface area contributed by atoms with Crippen LogP contribution < -0.4 is 10.5 Å². The second-order valence-electron chi connectivity index (χ2n) is 4.50. The first-order valence-electron chi connectivity index (χ1n) is 6.02. The maximum absolute atomic E-state index is 12.0. The summed E-state index contributed by atoms with van der Waals surface area (Å²) in [6, 6.07) is 10.4. The Bertz CT molecular complexity index is 800. The molecule has 110 valence electrons. The number of anilines is 1. The highest BCUT2D eigenvalue weighted by atomic mass is 32.2. The number of phenols is 1.